The Bertz CT molecular complexity index is 624. The van der Waals surface area contributed by atoms with Crippen molar-refractivity contribution in [3.63, 3.8) is 0 Å². The van der Waals surface area contributed by atoms with Crippen LogP contribution in [-0.2, 0) is 6.42 Å². The first-order chi connectivity index (χ1) is 12.8. The molecule has 0 fully saturated rings. The zero-order chi connectivity index (χ0) is 21.2. The van der Waals surface area contributed by atoms with Gasteiger partial charge in [0.05, 0.1) is 11.4 Å². The molecule has 0 amide bonds. The molecule has 0 spiro atoms. The lowest BCUT2D eigenvalue weighted by Crippen LogP contribution is -2.09. The summed E-state index contributed by atoms with van der Waals surface area (Å²) in [6.45, 7) is 12.1. The van der Waals surface area contributed by atoms with Gasteiger partial charge in [-0.2, -0.15) is 0 Å². The predicted octanol–water partition coefficient (Wildman–Crippen LogP) is 5.54. The molecule has 2 aromatic carbocycles. The van der Waals surface area contributed by atoms with Crippen LogP contribution in [0.1, 0.15) is 70.3 Å². The largest absolute Gasteiger partial charge is 0.508 e. The number of carbonyl (C=O) groups is 1. The van der Waals surface area contributed by atoms with Crippen LogP contribution in [0.5, 0.6) is 5.75 Å². The van der Waals surface area contributed by atoms with E-state index >= 15 is 0 Å². The number of nitrogen functional groups attached to an aromatic ring is 2. The minimum absolute atomic E-state index is 0.00787. The van der Waals surface area contributed by atoms with Crippen molar-refractivity contribution in [3.05, 3.63) is 53.6 Å². The van der Waals surface area contributed by atoms with E-state index in [1.807, 2.05) is 12.1 Å². The van der Waals surface area contributed by atoms with Crippen LogP contribution in [0, 0.1) is 0 Å². The van der Waals surface area contributed by atoms with Crippen molar-refractivity contribution < 1.29 is 9.90 Å². The number of benzene rings is 2. The average molecular weight is 376 g/mol. The van der Waals surface area contributed by atoms with Gasteiger partial charge in [0.25, 0.3) is 0 Å². The minimum atomic E-state index is -0.00787. The molecule has 0 saturated heterocycles. The second-order valence-electron chi connectivity index (χ2n) is 5.94. The number of carbonyl (C=O) groups excluding carboxylic acids is 1. The van der Waals surface area contributed by atoms with Gasteiger partial charge >= 0.3 is 0 Å². The predicted molar refractivity (Wildman–Crippen MR) is 118 cm³/mol. The number of hydrogen-bond acceptors (Lipinski definition) is 5. The maximum atomic E-state index is 10.9. The Hall–Kier alpha value is -2.53. The van der Waals surface area contributed by atoms with Crippen LogP contribution in [0.25, 0.3) is 0 Å². The van der Waals surface area contributed by atoms with Crippen LogP contribution in [0.3, 0.4) is 0 Å². The lowest BCUT2D eigenvalue weighted by atomic mass is 10.1. The van der Waals surface area contributed by atoms with Gasteiger partial charge in [0, 0.05) is 5.56 Å². The van der Waals surface area contributed by atoms with E-state index in [4.69, 9.17) is 16.7 Å². The Morgan fingerprint density at radius 3 is 1.81 bits per heavy atom. The Kier molecular flexibility index (Phi) is 16.7. The lowest BCUT2D eigenvalue weighted by molar-refractivity contribution is 0.101. The van der Waals surface area contributed by atoms with Crippen molar-refractivity contribution in [2.24, 2.45) is 5.84 Å². The van der Waals surface area contributed by atoms with E-state index in [0.717, 1.165) is 6.42 Å². The van der Waals surface area contributed by atoms with E-state index < -0.39 is 0 Å². The molecule has 0 aliphatic heterocycles. The van der Waals surface area contributed by atoms with Gasteiger partial charge in [0.15, 0.2) is 5.78 Å². The molecule has 5 nitrogen and oxygen atoms in total. The summed E-state index contributed by atoms with van der Waals surface area (Å²) in [7, 11) is 0. The van der Waals surface area contributed by atoms with E-state index in [-0.39, 0.29) is 5.78 Å². The highest BCUT2D eigenvalue weighted by Gasteiger charge is 2.02. The molecule has 0 saturated carbocycles. The third kappa shape index (κ3) is 13.3. The van der Waals surface area contributed by atoms with Gasteiger partial charge in [-0.15, -0.1) is 0 Å². The Balaban J connectivity index is 0. The van der Waals surface area contributed by atoms with E-state index in [1.54, 1.807) is 30.3 Å². The molecule has 6 N–H and O–H groups in total. The van der Waals surface area contributed by atoms with Crippen molar-refractivity contribution in [1.82, 2.24) is 0 Å². The van der Waals surface area contributed by atoms with E-state index in [9.17, 15) is 4.79 Å². The summed E-state index contributed by atoms with van der Waals surface area (Å²) < 4.78 is 0. The molecule has 152 valence electrons. The molecular weight excluding hydrogens is 338 g/mol. The van der Waals surface area contributed by atoms with Crippen LogP contribution in [-0.4, -0.2) is 10.9 Å². The number of phenols is 1. The SMILES string of the molecule is CC(=O)c1ccc(N)c(NN)c1.CCC.CCC.CCc1ccc(O)cc1. The minimum Gasteiger partial charge on any atom is -0.508 e. The van der Waals surface area contributed by atoms with Gasteiger partial charge < -0.3 is 16.3 Å². The molecule has 2 aromatic rings. The molecule has 2 rings (SSSR count). The highest BCUT2D eigenvalue weighted by Crippen LogP contribution is 2.18. The monoisotopic (exact) mass is 375 g/mol. The highest BCUT2D eigenvalue weighted by molar-refractivity contribution is 5.96. The molecule has 0 bridgehead atoms. The molecule has 0 aliphatic rings. The fourth-order valence-corrected chi connectivity index (χ4v) is 1.63. The number of rotatable bonds is 3. The highest BCUT2D eigenvalue weighted by atomic mass is 16.3. The number of aromatic hydroxyl groups is 1. The molecule has 27 heavy (non-hydrogen) atoms. The summed E-state index contributed by atoms with van der Waals surface area (Å²) in [5.74, 6) is 5.51. The number of anilines is 2. The molecule has 0 radical (unpaired) electrons. The fraction of sp³-hybridized carbons (Fsp3) is 0.409. The van der Waals surface area contributed by atoms with Crippen LogP contribution < -0.4 is 17.0 Å². The third-order valence-corrected chi connectivity index (χ3v) is 2.96. The molecule has 0 unspecified atom stereocenters. The number of ketones is 1. The quantitative estimate of drug-likeness (QED) is 0.244. The van der Waals surface area contributed by atoms with Crippen molar-refractivity contribution in [2.75, 3.05) is 11.2 Å². The van der Waals surface area contributed by atoms with E-state index in [0.29, 0.717) is 22.7 Å². The zero-order valence-electron chi connectivity index (χ0n) is 17.7. The first-order valence-electron chi connectivity index (χ1n) is 9.45. The molecule has 0 atom stereocenters. The fourth-order valence-electron chi connectivity index (χ4n) is 1.63. The summed E-state index contributed by atoms with van der Waals surface area (Å²) in [5.41, 5.74) is 10.9. The van der Waals surface area contributed by atoms with E-state index in [1.165, 1.54) is 25.3 Å². The number of phenolic OH excluding ortho intramolecular Hbond substituents is 1. The van der Waals surface area contributed by atoms with Gasteiger partial charge in [-0.3, -0.25) is 10.6 Å². The topological polar surface area (TPSA) is 101 Å². The maximum absolute atomic E-state index is 10.9. The summed E-state index contributed by atoms with van der Waals surface area (Å²) >= 11 is 0. The molecule has 5 heteroatoms. The molecule has 0 aliphatic carbocycles. The summed E-state index contributed by atoms with van der Waals surface area (Å²) in [6.07, 6.45) is 3.53. The average Bonchev–Trinajstić information content (AvgIpc) is 2.64. The van der Waals surface area contributed by atoms with Gasteiger partial charge in [0.1, 0.15) is 5.75 Å². The van der Waals surface area contributed by atoms with Crippen LogP contribution >= 0.6 is 0 Å². The number of nitrogens with one attached hydrogen (secondary N) is 1. The van der Waals surface area contributed by atoms with Gasteiger partial charge in [0.2, 0.25) is 0 Å². The number of aryl methyl sites for hydroxylation is 1. The third-order valence-electron chi connectivity index (χ3n) is 2.96. The molecular formula is C22H37N3O2. The smallest absolute Gasteiger partial charge is 0.159 e. The van der Waals surface area contributed by atoms with Gasteiger partial charge in [-0.1, -0.05) is 59.6 Å². The van der Waals surface area contributed by atoms with Crippen LogP contribution in [0.15, 0.2) is 42.5 Å². The number of nitrogens with two attached hydrogens (primary N) is 2. The summed E-state index contributed by atoms with van der Waals surface area (Å²) in [6, 6.07) is 12.2. The molecule has 0 heterocycles. The maximum Gasteiger partial charge on any atom is 0.159 e. The van der Waals surface area contributed by atoms with Crippen molar-refractivity contribution in [3.8, 4) is 5.75 Å². The summed E-state index contributed by atoms with van der Waals surface area (Å²) in [4.78, 5) is 10.9. The van der Waals surface area contributed by atoms with Crippen molar-refractivity contribution in [2.45, 2.75) is 60.8 Å². The molecule has 0 aromatic heterocycles. The van der Waals surface area contributed by atoms with Crippen molar-refractivity contribution in [1.29, 1.82) is 0 Å². The first kappa shape index (κ1) is 26.7. The Labute approximate surface area is 164 Å². The zero-order valence-corrected chi connectivity index (χ0v) is 17.7. The summed E-state index contributed by atoms with van der Waals surface area (Å²) in [5, 5.41) is 8.85. The van der Waals surface area contributed by atoms with E-state index in [2.05, 4.69) is 40.0 Å². The number of Topliss-reactive ketones (excluding diaryl/α,β-unsaturated/α-hetero) is 1. The second kappa shape index (κ2) is 16.9. The number of hydrogen-bond donors (Lipinski definition) is 4. The lowest BCUT2D eigenvalue weighted by Gasteiger charge is -2.05. The van der Waals surface area contributed by atoms with Crippen LogP contribution in [0.2, 0.25) is 0 Å². The first-order valence-corrected chi connectivity index (χ1v) is 9.45. The Morgan fingerprint density at radius 2 is 1.44 bits per heavy atom. The number of hydrazine groups is 1. The normalized spacial score (nSPS) is 8.70. The van der Waals surface area contributed by atoms with Gasteiger partial charge in [-0.25, -0.2) is 0 Å². The van der Waals surface area contributed by atoms with Gasteiger partial charge in [-0.05, 0) is 49.2 Å². The standard InChI is InChI=1S/C8H11N3O.C8H10O.2C3H8/c1-5(12)6-2-3-7(9)8(4-6)11-10;1-2-7-3-5-8(9)6-4-7;2*1-3-2/h2-4,11H,9-10H2,1H3;3-6,9H,2H2,1H3;2*3H2,1-2H3. The Morgan fingerprint density at radius 1 is 0.963 bits per heavy atom. The van der Waals surface area contributed by atoms with Crippen LogP contribution in [0.4, 0.5) is 11.4 Å². The van der Waals surface area contributed by atoms with Crippen molar-refractivity contribution >= 4 is 17.2 Å². The second-order valence-corrected chi connectivity index (χ2v) is 5.94.